The van der Waals surface area contributed by atoms with E-state index in [9.17, 15) is 18.3 Å². The Hall–Kier alpha value is -2.34. The molecule has 1 N–H and O–H groups in total. The van der Waals surface area contributed by atoms with Crippen molar-refractivity contribution < 1.29 is 18.3 Å². The third-order valence-corrected chi connectivity index (χ3v) is 4.68. The molecule has 0 bridgehead atoms. The number of rotatable bonds is 4. The van der Waals surface area contributed by atoms with E-state index in [0.29, 0.717) is 5.69 Å². The maximum atomic E-state index is 12.4. The quantitative estimate of drug-likeness (QED) is 0.931. The van der Waals surface area contributed by atoms with Crippen molar-refractivity contribution in [3.8, 4) is 0 Å². The summed E-state index contributed by atoms with van der Waals surface area (Å²) in [4.78, 5) is 10.7. The van der Waals surface area contributed by atoms with Gasteiger partial charge in [0, 0.05) is 0 Å². The Morgan fingerprint density at radius 3 is 1.95 bits per heavy atom. The lowest BCUT2D eigenvalue weighted by molar-refractivity contribution is -0.255. The smallest absolute Gasteiger partial charge is 0.261 e. The molecule has 116 valence electrons. The van der Waals surface area contributed by atoms with Crippen molar-refractivity contribution in [1.29, 1.82) is 0 Å². The van der Waals surface area contributed by atoms with Crippen molar-refractivity contribution in [2.75, 3.05) is 4.72 Å². The Labute approximate surface area is 129 Å². The molecule has 0 atom stereocenters. The number of nitrogens with one attached hydrogen (secondary N) is 1. The first-order valence-corrected chi connectivity index (χ1v) is 8.11. The summed E-state index contributed by atoms with van der Waals surface area (Å²) in [5.74, 6) is -1.35. The number of hydrogen-bond acceptors (Lipinski definition) is 4. The number of aromatic carboxylic acids is 1. The Kier molecular flexibility index (Phi) is 4.23. The number of carbonyl (C=O) groups excluding carboxylic acids is 1. The minimum atomic E-state index is -3.78. The van der Waals surface area contributed by atoms with Crippen molar-refractivity contribution in [3.05, 3.63) is 58.7 Å². The van der Waals surface area contributed by atoms with Crippen LogP contribution >= 0.6 is 0 Å². The molecule has 0 amide bonds. The van der Waals surface area contributed by atoms with Crippen molar-refractivity contribution >= 4 is 21.7 Å². The lowest BCUT2D eigenvalue weighted by Crippen LogP contribution is -2.22. The van der Waals surface area contributed by atoms with Gasteiger partial charge >= 0.3 is 0 Å². The molecule has 0 aliphatic rings. The highest BCUT2D eigenvalue weighted by Gasteiger charge is 2.16. The van der Waals surface area contributed by atoms with Gasteiger partial charge in [0.2, 0.25) is 0 Å². The fourth-order valence-electron chi connectivity index (χ4n) is 2.30. The fraction of sp³-hybridized carbons (Fsp3) is 0.188. The maximum Gasteiger partial charge on any atom is 0.261 e. The zero-order chi connectivity index (χ0) is 16.5. The molecule has 0 spiro atoms. The van der Waals surface area contributed by atoms with E-state index in [0.717, 1.165) is 16.7 Å². The van der Waals surface area contributed by atoms with Gasteiger partial charge in [-0.25, -0.2) is 8.42 Å². The summed E-state index contributed by atoms with van der Waals surface area (Å²) < 4.78 is 27.4. The van der Waals surface area contributed by atoms with Crippen molar-refractivity contribution in [3.63, 3.8) is 0 Å². The van der Waals surface area contributed by atoms with Gasteiger partial charge in [0.15, 0.2) is 0 Å². The molecular weight excluding hydrogens is 302 g/mol. The second-order valence-electron chi connectivity index (χ2n) is 5.19. The molecule has 0 saturated carbocycles. The average molecular weight is 318 g/mol. The summed E-state index contributed by atoms with van der Waals surface area (Å²) in [6, 6.07) is 8.68. The van der Waals surface area contributed by atoms with Gasteiger partial charge < -0.3 is 9.90 Å². The number of aryl methyl sites for hydroxylation is 3. The topological polar surface area (TPSA) is 86.3 Å². The molecule has 5 nitrogen and oxygen atoms in total. The van der Waals surface area contributed by atoms with Crippen LogP contribution in [0.15, 0.2) is 41.3 Å². The molecule has 0 aliphatic heterocycles. The zero-order valence-electron chi connectivity index (χ0n) is 12.5. The van der Waals surface area contributed by atoms with Crippen LogP contribution in [0, 0.1) is 20.8 Å². The molecule has 6 heteroatoms. The highest BCUT2D eigenvalue weighted by Crippen LogP contribution is 2.25. The molecule has 22 heavy (non-hydrogen) atoms. The van der Waals surface area contributed by atoms with Gasteiger partial charge in [-0.1, -0.05) is 29.8 Å². The van der Waals surface area contributed by atoms with Gasteiger partial charge in [0.05, 0.1) is 16.6 Å². The molecule has 2 rings (SSSR count). The SMILES string of the molecule is Cc1cc(C)c(NS(=O)(=O)c2ccc(C(=O)[O-])cc2)c(C)c1. The van der Waals surface area contributed by atoms with Gasteiger partial charge in [-0.3, -0.25) is 4.72 Å². The first kappa shape index (κ1) is 16.0. The van der Waals surface area contributed by atoms with Gasteiger partial charge in [-0.05, 0) is 49.6 Å². The molecule has 0 heterocycles. The molecule has 0 unspecified atom stereocenters. The first-order chi connectivity index (χ1) is 10.2. The second-order valence-corrected chi connectivity index (χ2v) is 6.87. The number of benzene rings is 2. The minimum absolute atomic E-state index is 0.00289. The fourth-order valence-corrected chi connectivity index (χ4v) is 3.51. The monoisotopic (exact) mass is 318 g/mol. The molecule has 0 fully saturated rings. The average Bonchev–Trinajstić information content (AvgIpc) is 2.43. The van der Waals surface area contributed by atoms with Gasteiger partial charge in [-0.15, -0.1) is 0 Å². The Morgan fingerprint density at radius 1 is 1.00 bits per heavy atom. The Bertz CT molecular complexity index is 801. The van der Waals surface area contributed by atoms with Crippen LogP contribution in [0.3, 0.4) is 0 Å². The lowest BCUT2D eigenvalue weighted by atomic mass is 10.1. The van der Waals surface area contributed by atoms with E-state index in [4.69, 9.17) is 0 Å². The highest BCUT2D eigenvalue weighted by molar-refractivity contribution is 7.92. The molecule has 2 aromatic carbocycles. The molecule has 2 aromatic rings. The van der Waals surface area contributed by atoms with Crippen molar-refractivity contribution in [2.45, 2.75) is 25.7 Å². The van der Waals surface area contributed by atoms with Crippen molar-refractivity contribution in [2.24, 2.45) is 0 Å². The number of carbonyl (C=O) groups is 1. The number of hydrogen-bond donors (Lipinski definition) is 1. The van der Waals surface area contributed by atoms with Gasteiger partial charge in [0.1, 0.15) is 0 Å². The van der Waals surface area contributed by atoms with E-state index >= 15 is 0 Å². The molecule has 0 aromatic heterocycles. The molecule has 0 aliphatic carbocycles. The number of carboxylic acid groups (broad SMARTS) is 1. The Morgan fingerprint density at radius 2 is 1.50 bits per heavy atom. The third kappa shape index (κ3) is 3.28. The van der Waals surface area contributed by atoms with Gasteiger partial charge in [-0.2, -0.15) is 0 Å². The van der Waals surface area contributed by atoms with E-state index in [1.54, 1.807) is 0 Å². The van der Waals surface area contributed by atoms with Crippen LogP contribution in [0.25, 0.3) is 0 Å². The number of anilines is 1. The minimum Gasteiger partial charge on any atom is -0.545 e. The predicted molar refractivity (Wildman–Crippen MR) is 82.2 cm³/mol. The van der Waals surface area contributed by atoms with Crippen LogP contribution in [0.1, 0.15) is 27.0 Å². The summed E-state index contributed by atoms with van der Waals surface area (Å²) >= 11 is 0. The van der Waals surface area contributed by atoms with Crippen molar-refractivity contribution in [1.82, 2.24) is 0 Å². The molecular formula is C16H16NO4S-. The van der Waals surface area contributed by atoms with E-state index in [2.05, 4.69) is 4.72 Å². The second kappa shape index (κ2) is 5.81. The Balaban J connectivity index is 2.38. The molecule has 0 radical (unpaired) electrons. The predicted octanol–water partition coefficient (Wildman–Crippen LogP) is 1.78. The lowest BCUT2D eigenvalue weighted by Gasteiger charge is -2.14. The van der Waals surface area contributed by atoms with Gasteiger partial charge in [0.25, 0.3) is 10.0 Å². The van der Waals surface area contributed by atoms with Crippen LogP contribution in [-0.2, 0) is 10.0 Å². The third-order valence-electron chi connectivity index (χ3n) is 3.31. The van der Waals surface area contributed by atoms with Crippen LogP contribution in [0.2, 0.25) is 0 Å². The first-order valence-electron chi connectivity index (χ1n) is 6.63. The highest BCUT2D eigenvalue weighted by atomic mass is 32.2. The standard InChI is InChI=1S/C16H17NO4S/c1-10-8-11(2)15(12(3)9-10)17-22(20,21)14-6-4-13(5-7-14)16(18)19/h4-9,17H,1-3H3,(H,18,19)/p-1. The van der Waals surface area contributed by atoms with Crippen LogP contribution < -0.4 is 9.83 Å². The number of carboxylic acids is 1. The number of sulfonamides is 1. The van der Waals surface area contributed by atoms with E-state index in [1.165, 1.54) is 24.3 Å². The molecule has 0 saturated heterocycles. The van der Waals surface area contributed by atoms with Crippen LogP contribution in [0.4, 0.5) is 5.69 Å². The van der Waals surface area contributed by atoms with Crippen LogP contribution in [0.5, 0.6) is 0 Å². The summed E-state index contributed by atoms with van der Waals surface area (Å²) in [5.41, 5.74) is 3.17. The van der Waals surface area contributed by atoms with E-state index in [-0.39, 0.29) is 10.5 Å². The summed E-state index contributed by atoms with van der Waals surface area (Å²) in [7, 11) is -3.78. The summed E-state index contributed by atoms with van der Waals surface area (Å²) in [6.07, 6.45) is 0. The normalized spacial score (nSPS) is 11.2. The zero-order valence-corrected chi connectivity index (χ0v) is 13.3. The summed E-state index contributed by atoms with van der Waals surface area (Å²) in [6.45, 7) is 5.60. The van der Waals surface area contributed by atoms with Crippen LogP contribution in [-0.4, -0.2) is 14.4 Å². The van der Waals surface area contributed by atoms with E-state index in [1.807, 2.05) is 32.9 Å². The summed E-state index contributed by atoms with van der Waals surface area (Å²) in [5, 5.41) is 10.7. The van der Waals surface area contributed by atoms with E-state index < -0.39 is 16.0 Å². The maximum absolute atomic E-state index is 12.4. The largest absolute Gasteiger partial charge is 0.545 e.